The fourth-order valence-corrected chi connectivity index (χ4v) is 6.04. The molecule has 14 heteroatoms. The zero-order valence-corrected chi connectivity index (χ0v) is 24.2. The minimum atomic E-state index is -3.84. The van der Waals surface area contributed by atoms with Gasteiger partial charge < -0.3 is 25.2 Å². The van der Waals surface area contributed by atoms with E-state index in [4.69, 9.17) is 4.74 Å². The molecule has 3 N–H and O–H groups in total. The molecule has 1 saturated heterocycles. The fraction of sp³-hybridized carbons (Fsp3) is 0.654. The van der Waals surface area contributed by atoms with Crippen LogP contribution in [-0.4, -0.2) is 96.6 Å². The first-order valence-corrected chi connectivity index (χ1v) is 14.8. The smallest absolute Gasteiger partial charge is 0.408 e. The van der Waals surface area contributed by atoms with Crippen molar-refractivity contribution in [1.29, 1.82) is 0 Å². The van der Waals surface area contributed by atoms with Gasteiger partial charge in [0.2, 0.25) is 27.7 Å². The Morgan fingerprint density at radius 3 is 2.33 bits per heavy atom. The molecule has 0 spiro atoms. The van der Waals surface area contributed by atoms with Gasteiger partial charge in [-0.2, -0.15) is 0 Å². The van der Waals surface area contributed by atoms with Crippen molar-refractivity contribution >= 4 is 39.7 Å². The molecule has 1 aliphatic heterocycles. The van der Waals surface area contributed by atoms with Crippen molar-refractivity contribution in [2.24, 2.45) is 5.92 Å². The molecule has 5 amide bonds. The SMILES string of the molecule is C=CC(=O)N(C)C[C@H](NC(=O)OC(C)(C)C)C(=O)N1CCC[C@H]1C(=O)N[C@]1(C(=O)NS(=O)(=O)C2CC2)C[C@H]1C=C. The van der Waals surface area contributed by atoms with Crippen LogP contribution < -0.4 is 15.4 Å². The van der Waals surface area contributed by atoms with Crippen LogP contribution in [0, 0.1) is 5.92 Å². The Morgan fingerprint density at radius 1 is 1.15 bits per heavy atom. The predicted octanol–water partition coefficient (Wildman–Crippen LogP) is 0.184. The summed E-state index contributed by atoms with van der Waals surface area (Å²) in [6, 6.07) is -2.22. The van der Waals surface area contributed by atoms with Crippen LogP contribution in [0.15, 0.2) is 25.3 Å². The van der Waals surface area contributed by atoms with Gasteiger partial charge in [-0.3, -0.25) is 23.9 Å². The highest BCUT2D eigenvalue weighted by Gasteiger charge is 2.61. The Morgan fingerprint density at radius 2 is 1.80 bits per heavy atom. The summed E-state index contributed by atoms with van der Waals surface area (Å²) < 4.78 is 32.1. The highest BCUT2D eigenvalue weighted by Crippen LogP contribution is 2.45. The van der Waals surface area contributed by atoms with E-state index in [9.17, 15) is 32.4 Å². The van der Waals surface area contributed by atoms with E-state index >= 15 is 0 Å². The summed E-state index contributed by atoms with van der Waals surface area (Å²) >= 11 is 0. The summed E-state index contributed by atoms with van der Waals surface area (Å²) in [4.78, 5) is 67.2. The molecular formula is C26H39N5O8S. The first kappa shape index (κ1) is 31.1. The Kier molecular flexibility index (Phi) is 9.02. The summed E-state index contributed by atoms with van der Waals surface area (Å²) in [5.74, 6) is -3.02. The average molecular weight is 582 g/mol. The molecule has 1 heterocycles. The maximum Gasteiger partial charge on any atom is 0.408 e. The summed E-state index contributed by atoms with van der Waals surface area (Å²) in [5.41, 5.74) is -2.33. The van der Waals surface area contributed by atoms with Gasteiger partial charge >= 0.3 is 6.09 Å². The second-order valence-electron chi connectivity index (χ2n) is 11.5. The van der Waals surface area contributed by atoms with E-state index in [0.717, 1.165) is 6.08 Å². The zero-order chi connectivity index (χ0) is 30.0. The fourth-order valence-electron chi connectivity index (χ4n) is 4.68. The van der Waals surface area contributed by atoms with Crippen LogP contribution in [0.2, 0.25) is 0 Å². The molecule has 13 nitrogen and oxygen atoms in total. The molecule has 3 fully saturated rings. The molecule has 40 heavy (non-hydrogen) atoms. The van der Waals surface area contributed by atoms with Gasteiger partial charge in [0.05, 0.1) is 11.8 Å². The Labute approximate surface area is 234 Å². The first-order valence-electron chi connectivity index (χ1n) is 13.2. The van der Waals surface area contributed by atoms with Crippen molar-refractivity contribution in [3.63, 3.8) is 0 Å². The van der Waals surface area contributed by atoms with Gasteiger partial charge in [-0.25, -0.2) is 13.2 Å². The highest BCUT2D eigenvalue weighted by molar-refractivity contribution is 7.91. The third-order valence-electron chi connectivity index (χ3n) is 7.08. The Hall–Kier alpha value is -3.42. The van der Waals surface area contributed by atoms with Gasteiger partial charge in [-0.05, 0) is 59.0 Å². The van der Waals surface area contributed by atoms with E-state index in [0.29, 0.717) is 19.3 Å². The molecule has 2 aliphatic carbocycles. The quantitative estimate of drug-likeness (QED) is 0.229. The van der Waals surface area contributed by atoms with Crippen LogP contribution in [0.25, 0.3) is 0 Å². The molecule has 0 bridgehead atoms. The topological polar surface area (TPSA) is 171 Å². The van der Waals surface area contributed by atoms with Crippen LogP contribution in [0.3, 0.4) is 0 Å². The molecule has 0 radical (unpaired) electrons. The Balaban J connectivity index is 1.77. The van der Waals surface area contributed by atoms with Crippen molar-refractivity contribution in [2.75, 3.05) is 20.1 Å². The molecule has 0 aromatic carbocycles. The molecule has 3 aliphatic rings. The first-order chi connectivity index (χ1) is 18.5. The largest absolute Gasteiger partial charge is 0.444 e. The number of nitrogens with zero attached hydrogens (tertiary/aromatic N) is 2. The monoisotopic (exact) mass is 581 g/mol. The van der Waals surface area contributed by atoms with Crippen LogP contribution >= 0.6 is 0 Å². The van der Waals surface area contributed by atoms with Gasteiger partial charge in [-0.15, -0.1) is 6.58 Å². The van der Waals surface area contributed by atoms with E-state index < -0.39 is 74.1 Å². The molecule has 2 saturated carbocycles. The lowest BCUT2D eigenvalue weighted by atomic mass is 10.1. The number of hydrogen-bond donors (Lipinski definition) is 3. The van der Waals surface area contributed by atoms with E-state index in [2.05, 4.69) is 28.5 Å². The number of sulfonamides is 1. The predicted molar refractivity (Wildman–Crippen MR) is 145 cm³/mol. The lowest BCUT2D eigenvalue weighted by Gasteiger charge is -2.32. The number of hydrogen-bond acceptors (Lipinski definition) is 8. The number of likely N-dealkylation sites (N-methyl/N-ethyl adjacent to an activating group) is 1. The number of ether oxygens (including phenoxy) is 1. The van der Waals surface area contributed by atoms with E-state index in [-0.39, 0.29) is 25.9 Å². The van der Waals surface area contributed by atoms with Crippen molar-refractivity contribution in [1.82, 2.24) is 25.2 Å². The van der Waals surface area contributed by atoms with Crippen molar-refractivity contribution in [2.45, 2.75) is 81.3 Å². The van der Waals surface area contributed by atoms with Crippen molar-refractivity contribution in [3.8, 4) is 0 Å². The summed E-state index contributed by atoms with van der Waals surface area (Å²) in [6.45, 7) is 12.1. The number of alkyl carbamates (subject to hydrolysis) is 1. The number of rotatable bonds is 11. The van der Waals surface area contributed by atoms with Crippen molar-refractivity contribution < 1.29 is 37.1 Å². The Bertz CT molecular complexity index is 1190. The van der Waals surface area contributed by atoms with Gasteiger partial charge in [0.15, 0.2) is 0 Å². The highest BCUT2D eigenvalue weighted by atomic mass is 32.2. The van der Waals surface area contributed by atoms with Gasteiger partial charge in [0.25, 0.3) is 5.91 Å². The van der Waals surface area contributed by atoms with Crippen LogP contribution in [0.4, 0.5) is 4.79 Å². The maximum absolute atomic E-state index is 13.7. The standard InChI is InChI=1S/C26H39N5O8S/c1-7-16-14-26(16,23(35)29-40(37,38)17-11-12-17)28-21(33)19-10-9-13-31(19)22(34)18(15-30(6)20(32)8-2)27-24(36)39-25(3,4)5/h7-8,16-19H,1-2,9-15H2,3-6H3,(H,27,36)(H,28,33)(H,29,35)/t16-,18+,19+,26-/m1/s1. The summed E-state index contributed by atoms with van der Waals surface area (Å²) in [7, 11) is -2.40. The molecular weight excluding hydrogens is 542 g/mol. The summed E-state index contributed by atoms with van der Waals surface area (Å²) in [5, 5.41) is 4.57. The second-order valence-corrected chi connectivity index (χ2v) is 13.5. The third-order valence-corrected chi connectivity index (χ3v) is 8.90. The van der Waals surface area contributed by atoms with E-state index in [1.807, 2.05) is 0 Å². The molecule has 222 valence electrons. The normalized spacial score (nSPS) is 24.8. The lowest BCUT2D eigenvalue weighted by Crippen LogP contribution is -2.59. The number of carbonyl (C=O) groups is 5. The van der Waals surface area contributed by atoms with Crippen LogP contribution in [0.5, 0.6) is 0 Å². The van der Waals surface area contributed by atoms with Crippen LogP contribution in [0.1, 0.15) is 52.9 Å². The number of nitrogens with one attached hydrogen (secondary N) is 3. The average Bonchev–Trinajstić information content (AvgIpc) is 3.77. The van der Waals surface area contributed by atoms with E-state index in [1.165, 1.54) is 22.9 Å². The summed E-state index contributed by atoms with van der Waals surface area (Å²) in [6.07, 6.45) is 3.56. The zero-order valence-electron chi connectivity index (χ0n) is 23.4. The number of carbonyl (C=O) groups excluding carboxylic acids is 5. The molecule has 0 aromatic rings. The molecule has 4 atom stereocenters. The van der Waals surface area contributed by atoms with Crippen LogP contribution in [-0.2, 0) is 33.9 Å². The maximum atomic E-state index is 13.7. The minimum Gasteiger partial charge on any atom is -0.444 e. The molecule has 0 unspecified atom stereocenters. The minimum absolute atomic E-state index is 0.173. The molecule has 0 aromatic heterocycles. The number of amides is 5. The van der Waals surface area contributed by atoms with Gasteiger partial charge in [-0.1, -0.05) is 12.7 Å². The van der Waals surface area contributed by atoms with Crippen molar-refractivity contribution in [3.05, 3.63) is 25.3 Å². The van der Waals surface area contributed by atoms with Gasteiger partial charge in [0.1, 0.15) is 23.2 Å². The molecule has 3 rings (SSSR count). The lowest BCUT2D eigenvalue weighted by molar-refractivity contribution is -0.141. The third kappa shape index (κ3) is 7.20. The second kappa shape index (κ2) is 11.6. The van der Waals surface area contributed by atoms with E-state index in [1.54, 1.807) is 20.8 Å². The number of likely N-dealkylation sites (tertiary alicyclic amines) is 1. The van der Waals surface area contributed by atoms with Gasteiger partial charge in [0, 0.05) is 19.5 Å².